The van der Waals surface area contributed by atoms with E-state index in [-0.39, 0.29) is 12.1 Å². The summed E-state index contributed by atoms with van der Waals surface area (Å²) in [6.07, 6.45) is -3.87. The summed E-state index contributed by atoms with van der Waals surface area (Å²) >= 11 is 0. The molecule has 34 heavy (non-hydrogen) atoms. The highest BCUT2D eigenvalue weighted by Gasteiger charge is 2.39. The lowest BCUT2D eigenvalue weighted by atomic mass is 10.2. The SMILES string of the molecule is CCOc1ccc(C(=O)N[C@H](CO)CNC(=O)c2cn(-c3ccccc3)nc2C(F)(F)F)cc1. The number of nitrogens with zero attached hydrogens (tertiary/aromatic N) is 2. The average Bonchev–Trinajstić information content (AvgIpc) is 3.29. The molecular weight excluding hydrogens is 453 g/mol. The van der Waals surface area contributed by atoms with E-state index >= 15 is 0 Å². The lowest BCUT2D eigenvalue weighted by Crippen LogP contribution is -2.46. The summed E-state index contributed by atoms with van der Waals surface area (Å²) in [6, 6.07) is 13.4. The molecule has 3 aromatic rings. The van der Waals surface area contributed by atoms with Gasteiger partial charge in [0.1, 0.15) is 5.75 Å². The Morgan fingerprint density at radius 2 is 1.76 bits per heavy atom. The first-order valence-corrected chi connectivity index (χ1v) is 10.4. The maximum Gasteiger partial charge on any atom is 0.435 e. The molecule has 1 atom stereocenters. The minimum atomic E-state index is -4.86. The number of aliphatic hydroxyl groups excluding tert-OH is 1. The van der Waals surface area contributed by atoms with Crippen molar-refractivity contribution >= 4 is 11.8 Å². The molecule has 2 amide bonds. The molecule has 0 spiro atoms. The third-order valence-corrected chi connectivity index (χ3v) is 4.74. The quantitative estimate of drug-likeness (QED) is 0.441. The van der Waals surface area contributed by atoms with Crippen LogP contribution in [0.5, 0.6) is 5.75 Å². The molecule has 3 N–H and O–H groups in total. The van der Waals surface area contributed by atoms with E-state index in [1.54, 1.807) is 42.5 Å². The molecule has 0 saturated heterocycles. The first-order chi connectivity index (χ1) is 16.2. The van der Waals surface area contributed by atoms with E-state index in [0.717, 1.165) is 10.9 Å². The zero-order chi connectivity index (χ0) is 24.7. The van der Waals surface area contributed by atoms with Crippen LogP contribution in [-0.2, 0) is 6.18 Å². The van der Waals surface area contributed by atoms with Gasteiger partial charge in [0, 0.05) is 18.3 Å². The highest BCUT2D eigenvalue weighted by atomic mass is 19.4. The number of amides is 2. The van der Waals surface area contributed by atoms with E-state index in [4.69, 9.17) is 4.74 Å². The maximum absolute atomic E-state index is 13.5. The number of ether oxygens (including phenoxy) is 1. The van der Waals surface area contributed by atoms with Gasteiger partial charge in [-0.25, -0.2) is 4.68 Å². The Kier molecular flexibility index (Phi) is 7.90. The van der Waals surface area contributed by atoms with Crippen LogP contribution in [0.4, 0.5) is 13.2 Å². The standard InChI is InChI=1S/C23H23F3N4O4/c1-2-34-18-10-8-15(9-11-18)21(32)28-16(14-31)12-27-22(33)19-13-30(17-6-4-3-5-7-17)29-20(19)23(24,25)26/h3-11,13,16,31H,2,12,14H2,1H3,(H,27,33)(H,28,32)/t16-/m0/s1. The molecule has 11 heteroatoms. The number of alkyl halides is 3. The second-order valence-electron chi connectivity index (χ2n) is 7.19. The minimum Gasteiger partial charge on any atom is -0.494 e. The molecule has 0 fully saturated rings. The van der Waals surface area contributed by atoms with Crippen molar-refractivity contribution in [1.29, 1.82) is 0 Å². The number of aliphatic hydroxyl groups is 1. The van der Waals surface area contributed by atoms with Gasteiger partial charge in [0.05, 0.1) is 30.5 Å². The van der Waals surface area contributed by atoms with E-state index in [1.807, 2.05) is 6.92 Å². The molecule has 180 valence electrons. The molecule has 0 aliphatic rings. The summed E-state index contributed by atoms with van der Waals surface area (Å²) < 4.78 is 46.7. The number of carbonyl (C=O) groups is 2. The van der Waals surface area contributed by atoms with E-state index in [2.05, 4.69) is 15.7 Å². The second kappa shape index (κ2) is 10.8. The van der Waals surface area contributed by atoms with Crippen LogP contribution in [0.25, 0.3) is 5.69 Å². The van der Waals surface area contributed by atoms with E-state index < -0.39 is 41.9 Å². The predicted molar refractivity (Wildman–Crippen MR) is 117 cm³/mol. The smallest absolute Gasteiger partial charge is 0.435 e. The average molecular weight is 476 g/mol. The molecule has 0 unspecified atom stereocenters. The summed E-state index contributed by atoms with van der Waals surface area (Å²) in [5.41, 5.74) is -1.38. The Hall–Kier alpha value is -3.86. The van der Waals surface area contributed by atoms with Crippen LogP contribution in [0.15, 0.2) is 60.8 Å². The van der Waals surface area contributed by atoms with Gasteiger partial charge >= 0.3 is 6.18 Å². The van der Waals surface area contributed by atoms with Gasteiger partial charge in [-0.3, -0.25) is 9.59 Å². The summed E-state index contributed by atoms with van der Waals surface area (Å²) in [7, 11) is 0. The van der Waals surface area contributed by atoms with Crippen LogP contribution < -0.4 is 15.4 Å². The number of carbonyl (C=O) groups excluding carboxylic acids is 2. The van der Waals surface area contributed by atoms with Crippen molar-refractivity contribution < 1.29 is 32.6 Å². The van der Waals surface area contributed by atoms with Gasteiger partial charge in [-0.1, -0.05) is 18.2 Å². The fourth-order valence-corrected chi connectivity index (χ4v) is 3.07. The number of hydrogen-bond donors (Lipinski definition) is 3. The van der Waals surface area contributed by atoms with Crippen molar-refractivity contribution in [1.82, 2.24) is 20.4 Å². The largest absolute Gasteiger partial charge is 0.494 e. The van der Waals surface area contributed by atoms with Crippen LogP contribution in [0.3, 0.4) is 0 Å². The van der Waals surface area contributed by atoms with E-state index in [0.29, 0.717) is 18.0 Å². The molecule has 0 aliphatic carbocycles. The van der Waals surface area contributed by atoms with Gasteiger partial charge in [0.25, 0.3) is 11.8 Å². The van der Waals surface area contributed by atoms with Crippen molar-refractivity contribution in [2.75, 3.05) is 19.8 Å². The van der Waals surface area contributed by atoms with Crippen LogP contribution in [-0.4, -0.2) is 52.5 Å². The Morgan fingerprint density at radius 1 is 1.09 bits per heavy atom. The molecule has 0 aliphatic heterocycles. The fourth-order valence-electron chi connectivity index (χ4n) is 3.07. The first kappa shape index (κ1) is 24.8. The molecule has 3 rings (SSSR count). The Morgan fingerprint density at radius 3 is 2.35 bits per heavy atom. The zero-order valence-electron chi connectivity index (χ0n) is 18.2. The number of hydrogen-bond acceptors (Lipinski definition) is 5. The molecule has 1 aromatic heterocycles. The normalized spacial score (nSPS) is 12.1. The fraction of sp³-hybridized carbons (Fsp3) is 0.261. The maximum atomic E-state index is 13.5. The predicted octanol–water partition coefficient (Wildman–Crippen LogP) is 2.81. The highest BCUT2D eigenvalue weighted by Crippen LogP contribution is 2.31. The first-order valence-electron chi connectivity index (χ1n) is 10.4. The number of benzene rings is 2. The summed E-state index contributed by atoms with van der Waals surface area (Å²) in [5.74, 6) is -0.978. The summed E-state index contributed by atoms with van der Waals surface area (Å²) in [5, 5.41) is 18.0. The van der Waals surface area contributed by atoms with Gasteiger partial charge < -0.3 is 20.5 Å². The topological polar surface area (TPSA) is 105 Å². The number of rotatable bonds is 9. The lowest BCUT2D eigenvalue weighted by Gasteiger charge is -2.17. The van der Waals surface area contributed by atoms with Crippen LogP contribution in [0, 0.1) is 0 Å². The van der Waals surface area contributed by atoms with Crippen molar-refractivity contribution in [3.8, 4) is 11.4 Å². The number of para-hydroxylation sites is 1. The zero-order valence-corrected chi connectivity index (χ0v) is 18.2. The van der Waals surface area contributed by atoms with Crippen molar-refractivity contribution in [2.45, 2.75) is 19.1 Å². The molecule has 0 saturated carbocycles. The number of aromatic nitrogens is 2. The lowest BCUT2D eigenvalue weighted by molar-refractivity contribution is -0.141. The third-order valence-electron chi connectivity index (χ3n) is 4.74. The van der Waals surface area contributed by atoms with Crippen molar-refractivity contribution in [3.63, 3.8) is 0 Å². The highest BCUT2D eigenvalue weighted by molar-refractivity contribution is 5.96. The molecule has 0 bridgehead atoms. The minimum absolute atomic E-state index is 0.289. The second-order valence-corrected chi connectivity index (χ2v) is 7.19. The van der Waals surface area contributed by atoms with Gasteiger partial charge in [-0.2, -0.15) is 18.3 Å². The summed E-state index contributed by atoms with van der Waals surface area (Å²) in [6.45, 7) is 1.45. The third kappa shape index (κ3) is 6.13. The van der Waals surface area contributed by atoms with Gasteiger partial charge in [0.2, 0.25) is 0 Å². The monoisotopic (exact) mass is 476 g/mol. The van der Waals surface area contributed by atoms with Gasteiger partial charge in [-0.15, -0.1) is 0 Å². The van der Waals surface area contributed by atoms with Crippen LogP contribution in [0.2, 0.25) is 0 Å². The van der Waals surface area contributed by atoms with E-state index in [9.17, 15) is 27.9 Å². The van der Waals surface area contributed by atoms with Crippen LogP contribution in [0.1, 0.15) is 33.3 Å². The number of halogens is 3. The number of nitrogens with one attached hydrogen (secondary N) is 2. The van der Waals surface area contributed by atoms with Crippen molar-refractivity contribution in [3.05, 3.63) is 77.6 Å². The molecular formula is C23H23F3N4O4. The molecule has 2 aromatic carbocycles. The molecule has 0 radical (unpaired) electrons. The van der Waals surface area contributed by atoms with E-state index in [1.165, 1.54) is 12.1 Å². The van der Waals surface area contributed by atoms with Gasteiger partial charge in [-0.05, 0) is 43.3 Å². The molecule has 1 heterocycles. The Bertz CT molecular complexity index is 1120. The summed E-state index contributed by atoms with van der Waals surface area (Å²) in [4.78, 5) is 25.0. The van der Waals surface area contributed by atoms with Crippen LogP contribution >= 0.6 is 0 Å². The van der Waals surface area contributed by atoms with Crippen molar-refractivity contribution in [2.24, 2.45) is 0 Å². The van der Waals surface area contributed by atoms with Gasteiger partial charge in [0.15, 0.2) is 5.69 Å². The Balaban J connectivity index is 1.68. The molecule has 8 nitrogen and oxygen atoms in total. The Labute approximate surface area is 193 Å².